The molecular formula is C17H11N3OS3. The Bertz CT molecular complexity index is 1020. The molecule has 118 valence electrons. The van der Waals surface area contributed by atoms with Crippen molar-refractivity contribution in [3.05, 3.63) is 51.7 Å². The molecule has 1 fully saturated rings. The number of hydrogen-bond acceptors (Lipinski definition) is 6. The van der Waals surface area contributed by atoms with Crippen LogP contribution in [0.3, 0.4) is 0 Å². The van der Waals surface area contributed by atoms with Crippen molar-refractivity contribution in [3.8, 4) is 11.1 Å². The Balaban J connectivity index is 1.72. The Kier molecular flexibility index (Phi) is 3.84. The maximum Gasteiger partial charge on any atom is 0.263 e. The van der Waals surface area contributed by atoms with Gasteiger partial charge in [0.15, 0.2) is 0 Å². The zero-order valence-electron chi connectivity index (χ0n) is 12.3. The molecule has 0 atom stereocenters. The van der Waals surface area contributed by atoms with Crippen LogP contribution in [-0.4, -0.2) is 15.2 Å². The average Bonchev–Trinajstić information content (AvgIpc) is 3.14. The smallest absolute Gasteiger partial charge is 0.263 e. The summed E-state index contributed by atoms with van der Waals surface area (Å²) in [4.78, 5) is 17.7. The zero-order valence-corrected chi connectivity index (χ0v) is 14.7. The molecule has 1 amide bonds. The van der Waals surface area contributed by atoms with Crippen molar-refractivity contribution in [2.75, 3.05) is 5.73 Å². The largest absolute Gasteiger partial charge is 0.397 e. The number of nitrogens with one attached hydrogen (secondary N) is 1. The van der Waals surface area contributed by atoms with E-state index in [1.54, 1.807) is 17.5 Å². The first kappa shape index (κ1) is 15.3. The van der Waals surface area contributed by atoms with Crippen molar-refractivity contribution < 1.29 is 4.79 Å². The number of carbonyl (C=O) groups is 1. The summed E-state index contributed by atoms with van der Waals surface area (Å²) in [6.45, 7) is 0. The van der Waals surface area contributed by atoms with E-state index in [0.29, 0.717) is 14.9 Å². The number of aromatic nitrogens is 1. The lowest BCUT2D eigenvalue weighted by molar-refractivity contribution is -0.115. The first-order valence-corrected chi connectivity index (χ1v) is 9.18. The highest BCUT2D eigenvalue weighted by Gasteiger charge is 2.22. The lowest BCUT2D eigenvalue weighted by atomic mass is 10.0. The molecule has 2 aromatic heterocycles. The standard InChI is InChI=1S/C17H11N3OS3/c18-13-6-10(4-9-2-1-3-19-15(9)13)11-5-12(23-8-11)7-14-16(21)20-17(22)24-14/h1-8H,18H2,(H,20,21,22)/b14-7-. The van der Waals surface area contributed by atoms with Crippen molar-refractivity contribution in [2.45, 2.75) is 0 Å². The summed E-state index contributed by atoms with van der Waals surface area (Å²) in [5.41, 5.74) is 9.69. The first-order chi connectivity index (χ1) is 11.6. The van der Waals surface area contributed by atoms with E-state index in [-0.39, 0.29) is 5.91 Å². The molecule has 1 aliphatic rings. The molecule has 4 rings (SSSR count). The summed E-state index contributed by atoms with van der Waals surface area (Å²) in [6, 6.07) is 9.94. The number of thiocarbonyl (C=S) groups is 1. The number of nitrogens with two attached hydrogens (primary N) is 1. The van der Waals surface area contributed by atoms with Crippen molar-refractivity contribution in [2.24, 2.45) is 0 Å². The minimum Gasteiger partial charge on any atom is -0.397 e. The predicted octanol–water partition coefficient (Wildman–Crippen LogP) is 4.03. The molecule has 4 nitrogen and oxygen atoms in total. The predicted molar refractivity (Wildman–Crippen MR) is 106 cm³/mol. The first-order valence-electron chi connectivity index (χ1n) is 7.08. The number of rotatable bonds is 2. The van der Waals surface area contributed by atoms with Crippen LogP contribution in [0, 0.1) is 0 Å². The summed E-state index contributed by atoms with van der Waals surface area (Å²) in [5.74, 6) is -0.138. The Morgan fingerprint density at radius 1 is 1.25 bits per heavy atom. The fourth-order valence-corrected chi connectivity index (χ4v) is 4.48. The highest BCUT2D eigenvalue weighted by Crippen LogP contribution is 2.33. The number of amides is 1. The summed E-state index contributed by atoms with van der Waals surface area (Å²) in [7, 11) is 0. The number of anilines is 1. The number of fused-ring (bicyclic) bond motifs is 1. The van der Waals surface area contributed by atoms with Crippen LogP contribution in [0.5, 0.6) is 0 Å². The molecule has 1 aromatic carbocycles. The molecule has 7 heteroatoms. The molecule has 1 saturated heterocycles. The van der Waals surface area contributed by atoms with Gasteiger partial charge >= 0.3 is 0 Å². The van der Waals surface area contributed by atoms with E-state index in [1.807, 2.05) is 30.3 Å². The molecule has 0 unspecified atom stereocenters. The van der Waals surface area contributed by atoms with Gasteiger partial charge in [-0.25, -0.2) is 0 Å². The summed E-state index contributed by atoms with van der Waals surface area (Å²) in [6.07, 6.45) is 3.60. The van der Waals surface area contributed by atoms with E-state index in [1.165, 1.54) is 11.8 Å². The second-order valence-corrected chi connectivity index (χ2v) is 7.89. The average molecular weight is 369 g/mol. The van der Waals surface area contributed by atoms with Gasteiger partial charge in [0.2, 0.25) is 0 Å². The molecule has 0 bridgehead atoms. The van der Waals surface area contributed by atoms with Crippen molar-refractivity contribution in [3.63, 3.8) is 0 Å². The molecule has 0 radical (unpaired) electrons. The third-order valence-electron chi connectivity index (χ3n) is 3.60. The quantitative estimate of drug-likeness (QED) is 0.405. The van der Waals surface area contributed by atoms with Gasteiger partial charge < -0.3 is 11.1 Å². The highest BCUT2D eigenvalue weighted by atomic mass is 32.2. The van der Waals surface area contributed by atoms with Crippen LogP contribution in [-0.2, 0) is 4.79 Å². The van der Waals surface area contributed by atoms with E-state index >= 15 is 0 Å². The zero-order chi connectivity index (χ0) is 16.7. The van der Waals surface area contributed by atoms with Crippen LogP contribution >= 0.6 is 35.3 Å². The van der Waals surface area contributed by atoms with Crippen molar-refractivity contribution >= 4 is 68.2 Å². The molecule has 3 heterocycles. The Morgan fingerprint density at radius 2 is 2.12 bits per heavy atom. The second kappa shape index (κ2) is 6.01. The van der Waals surface area contributed by atoms with Crippen LogP contribution < -0.4 is 11.1 Å². The minimum atomic E-state index is -0.138. The molecule has 0 saturated carbocycles. The SMILES string of the molecule is Nc1cc(-c2csc(/C=C3\SC(=S)NC3=O)c2)cc2cccnc12. The van der Waals surface area contributed by atoms with E-state index in [9.17, 15) is 4.79 Å². The van der Waals surface area contributed by atoms with Crippen LogP contribution in [0.25, 0.3) is 28.1 Å². The van der Waals surface area contributed by atoms with Crippen LogP contribution in [0.4, 0.5) is 5.69 Å². The van der Waals surface area contributed by atoms with Gasteiger partial charge in [-0.05, 0) is 46.8 Å². The number of thiophene rings is 1. The normalized spacial score (nSPS) is 16.1. The highest BCUT2D eigenvalue weighted by molar-refractivity contribution is 8.26. The van der Waals surface area contributed by atoms with Crippen molar-refractivity contribution in [1.82, 2.24) is 10.3 Å². The number of carbonyl (C=O) groups excluding carboxylic acids is 1. The summed E-state index contributed by atoms with van der Waals surface area (Å²) >= 11 is 7.87. The lowest BCUT2D eigenvalue weighted by Crippen LogP contribution is -2.17. The topological polar surface area (TPSA) is 68.0 Å². The van der Waals surface area contributed by atoms with Crippen LogP contribution in [0.2, 0.25) is 0 Å². The van der Waals surface area contributed by atoms with Crippen LogP contribution in [0.15, 0.2) is 46.8 Å². The number of pyridine rings is 1. The molecule has 0 aliphatic carbocycles. The van der Waals surface area contributed by atoms with Gasteiger partial charge in [0.1, 0.15) is 4.32 Å². The number of benzene rings is 1. The third-order valence-corrected chi connectivity index (χ3v) is 5.65. The molecule has 0 spiro atoms. The molecular weight excluding hydrogens is 358 g/mol. The molecule has 3 aromatic rings. The van der Waals surface area contributed by atoms with E-state index in [4.69, 9.17) is 18.0 Å². The van der Waals surface area contributed by atoms with E-state index in [0.717, 1.165) is 26.9 Å². The lowest BCUT2D eigenvalue weighted by Gasteiger charge is -2.04. The van der Waals surface area contributed by atoms with Crippen LogP contribution in [0.1, 0.15) is 4.88 Å². The fourth-order valence-electron chi connectivity index (χ4n) is 2.52. The van der Waals surface area contributed by atoms with Gasteiger partial charge in [0, 0.05) is 16.5 Å². The van der Waals surface area contributed by atoms with Gasteiger partial charge in [0.05, 0.1) is 16.1 Å². The van der Waals surface area contributed by atoms with Gasteiger partial charge in [0.25, 0.3) is 5.91 Å². The minimum absolute atomic E-state index is 0.138. The van der Waals surface area contributed by atoms with Crippen molar-refractivity contribution in [1.29, 1.82) is 0 Å². The number of nitrogen functional groups attached to an aromatic ring is 1. The Morgan fingerprint density at radius 3 is 2.92 bits per heavy atom. The molecule has 1 aliphatic heterocycles. The van der Waals surface area contributed by atoms with E-state index in [2.05, 4.69) is 21.7 Å². The second-order valence-electron chi connectivity index (χ2n) is 5.23. The van der Waals surface area contributed by atoms with E-state index < -0.39 is 0 Å². The monoisotopic (exact) mass is 369 g/mol. The van der Waals surface area contributed by atoms with Gasteiger partial charge in [-0.15, -0.1) is 11.3 Å². The maximum atomic E-state index is 11.8. The molecule has 3 N–H and O–H groups in total. The third kappa shape index (κ3) is 2.82. The fraction of sp³-hybridized carbons (Fsp3) is 0. The number of nitrogens with zero attached hydrogens (tertiary/aromatic N) is 1. The number of hydrogen-bond donors (Lipinski definition) is 2. The Labute approximate surface area is 151 Å². The molecule has 24 heavy (non-hydrogen) atoms. The Hall–Kier alpha value is -2.22. The number of thioether (sulfide) groups is 1. The summed E-state index contributed by atoms with van der Waals surface area (Å²) in [5, 5.41) is 5.69. The maximum absolute atomic E-state index is 11.8. The van der Waals surface area contributed by atoms with Gasteiger partial charge in [-0.2, -0.15) is 0 Å². The van der Waals surface area contributed by atoms with Gasteiger partial charge in [-0.3, -0.25) is 9.78 Å². The van der Waals surface area contributed by atoms with Gasteiger partial charge in [-0.1, -0.05) is 30.0 Å². The summed E-state index contributed by atoms with van der Waals surface area (Å²) < 4.78 is 0.498.